The summed E-state index contributed by atoms with van der Waals surface area (Å²) in [6.45, 7) is 1.94. The second-order valence-corrected chi connectivity index (χ2v) is 3.48. The van der Waals surface area contributed by atoms with Crippen molar-refractivity contribution in [1.82, 2.24) is 4.98 Å². The van der Waals surface area contributed by atoms with Gasteiger partial charge in [-0.15, -0.1) is 0 Å². The van der Waals surface area contributed by atoms with Gasteiger partial charge in [-0.05, 0) is 18.6 Å². The van der Waals surface area contributed by atoms with Gasteiger partial charge in [0.15, 0.2) is 0 Å². The molecule has 0 fully saturated rings. The molecule has 0 amide bonds. The second-order valence-electron chi connectivity index (χ2n) is 3.48. The number of oxime groups is 1. The number of hydrogen-bond acceptors (Lipinski definition) is 3. The van der Waals surface area contributed by atoms with Crippen LogP contribution in [0.25, 0.3) is 0 Å². The summed E-state index contributed by atoms with van der Waals surface area (Å²) in [5.41, 5.74) is 3.04. The lowest BCUT2D eigenvalue weighted by molar-refractivity contribution is 0.319. The van der Waals surface area contributed by atoms with E-state index in [-0.39, 0.29) is 0 Å². The fourth-order valence-electron chi connectivity index (χ4n) is 1.57. The van der Waals surface area contributed by atoms with Crippen LogP contribution in [-0.4, -0.2) is 15.9 Å². The van der Waals surface area contributed by atoms with Crippen molar-refractivity contribution in [2.45, 2.75) is 6.92 Å². The van der Waals surface area contributed by atoms with E-state index in [1.54, 1.807) is 6.20 Å². The summed E-state index contributed by atoms with van der Waals surface area (Å²) >= 11 is 0. The van der Waals surface area contributed by atoms with Crippen molar-refractivity contribution in [3.8, 4) is 0 Å². The van der Waals surface area contributed by atoms with E-state index < -0.39 is 0 Å². The number of aryl methyl sites for hydroxylation is 1. The molecule has 16 heavy (non-hydrogen) atoms. The first-order valence-corrected chi connectivity index (χ1v) is 5.02. The number of aromatic nitrogens is 1. The minimum Gasteiger partial charge on any atom is -0.410 e. The minimum absolute atomic E-state index is 0.499. The first-order valence-electron chi connectivity index (χ1n) is 5.02. The van der Waals surface area contributed by atoms with Gasteiger partial charge < -0.3 is 5.21 Å². The lowest BCUT2D eigenvalue weighted by atomic mass is 10.0. The summed E-state index contributed by atoms with van der Waals surface area (Å²) in [6.07, 6.45) is 1.69. The fourth-order valence-corrected chi connectivity index (χ4v) is 1.57. The monoisotopic (exact) mass is 212 g/mol. The Hall–Kier alpha value is -2.16. The highest BCUT2D eigenvalue weighted by Crippen LogP contribution is 2.11. The fraction of sp³-hybridized carbons (Fsp3) is 0.0769. The maximum atomic E-state index is 9.11. The molecule has 0 atom stereocenters. The molecular formula is C13H12N2O. The van der Waals surface area contributed by atoms with Gasteiger partial charge in [0.05, 0.1) is 5.69 Å². The SMILES string of the molecule is Cc1cccnc1/C(=N\O)c1ccccc1. The van der Waals surface area contributed by atoms with Gasteiger partial charge in [0.1, 0.15) is 5.71 Å². The Morgan fingerprint density at radius 1 is 1.12 bits per heavy atom. The standard InChI is InChI=1S/C13H12N2O/c1-10-6-5-9-14-12(10)13(15-16)11-7-3-2-4-8-11/h2-9,16H,1H3/b15-13-. The van der Waals surface area contributed by atoms with Gasteiger partial charge in [-0.3, -0.25) is 4.98 Å². The normalized spacial score (nSPS) is 11.4. The van der Waals surface area contributed by atoms with Crippen molar-refractivity contribution < 1.29 is 5.21 Å². The third-order valence-electron chi connectivity index (χ3n) is 2.38. The molecule has 0 aliphatic rings. The molecule has 3 heteroatoms. The third-order valence-corrected chi connectivity index (χ3v) is 2.38. The average Bonchev–Trinajstić information content (AvgIpc) is 2.34. The van der Waals surface area contributed by atoms with Crippen LogP contribution >= 0.6 is 0 Å². The molecule has 1 heterocycles. The summed E-state index contributed by atoms with van der Waals surface area (Å²) in [7, 11) is 0. The number of benzene rings is 1. The molecule has 3 nitrogen and oxygen atoms in total. The zero-order valence-corrected chi connectivity index (χ0v) is 8.96. The molecule has 0 radical (unpaired) electrons. The van der Waals surface area contributed by atoms with Crippen LogP contribution in [0.5, 0.6) is 0 Å². The Morgan fingerprint density at radius 2 is 1.88 bits per heavy atom. The van der Waals surface area contributed by atoms with E-state index in [4.69, 9.17) is 5.21 Å². The summed E-state index contributed by atoms with van der Waals surface area (Å²) < 4.78 is 0. The highest BCUT2D eigenvalue weighted by molar-refractivity contribution is 6.12. The predicted octanol–water partition coefficient (Wildman–Crippen LogP) is 2.62. The topological polar surface area (TPSA) is 45.5 Å². The predicted molar refractivity (Wildman–Crippen MR) is 62.8 cm³/mol. The van der Waals surface area contributed by atoms with Crippen LogP contribution in [-0.2, 0) is 0 Å². The van der Waals surface area contributed by atoms with Gasteiger partial charge in [-0.2, -0.15) is 0 Å². The van der Waals surface area contributed by atoms with Gasteiger partial charge in [-0.25, -0.2) is 0 Å². The van der Waals surface area contributed by atoms with Crippen molar-refractivity contribution in [3.05, 3.63) is 65.5 Å². The first kappa shape index (κ1) is 10.4. The van der Waals surface area contributed by atoms with Gasteiger partial charge in [0.2, 0.25) is 0 Å². The zero-order valence-electron chi connectivity index (χ0n) is 8.96. The minimum atomic E-state index is 0.499. The summed E-state index contributed by atoms with van der Waals surface area (Å²) in [6, 6.07) is 13.3. The molecule has 1 aromatic heterocycles. The largest absolute Gasteiger partial charge is 0.410 e. The molecule has 1 N–H and O–H groups in total. The Labute approximate surface area is 94.1 Å². The molecule has 0 saturated carbocycles. The maximum absolute atomic E-state index is 9.11. The van der Waals surface area contributed by atoms with Crippen molar-refractivity contribution in [2.75, 3.05) is 0 Å². The molecule has 80 valence electrons. The molecule has 0 spiro atoms. The van der Waals surface area contributed by atoms with E-state index in [0.29, 0.717) is 11.4 Å². The highest BCUT2D eigenvalue weighted by Gasteiger charge is 2.10. The summed E-state index contributed by atoms with van der Waals surface area (Å²) in [5.74, 6) is 0. The van der Waals surface area contributed by atoms with E-state index in [9.17, 15) is 0 Å². The van der Waals surface area contributed by atoms with Gasteiger partial charge in [0, 0.05) is 11.8 Å². The van der Waals surface area contributed by atoms with Crippen LogP contribution in [0.15, 0.2) is 53.8 Å². The van der Waals surface area contributed by atoms with Crippen LogP contribution in [0.3, 0.4) is 0 Å². The molecule has 0 aliphatic heterocycles. The van der Waals surface area contributed by atoms with Gasteiger partial charge >= 0.3 is 0 Å². The molecule has 2 rings (SSSR count). The van der Waals surface area contributed by atoms with Crippen LogP contribution in [0.1, 0.15) is 16.8 Å². The van der Waals surface area contributed by atoms with E-state index in [1.807, 2.05) is 49.4 Å². The lowest BCUT2D eigenvalue weighted by Crippen LogP contribution is -2.07. The molecule has 0 saturated heterocycles. The van der Waals surface area contributed by atoms with E-state index in [2.05, 4.69) is 10.1 Å². The Bertz CT molecular complexity index is 506. The number of nitrogens with zero attached hydrogens (tertiary/aromatic N) is 2. The lowest BCUT2D eigenvalue weighted by Gasteiger charge is -2.06. The Morgan fingerprint density at radius 3 is 2.50 bits per heavy atom. The zero-order chi connectivity index (χ0) is 11.4. The van der Waals surface area contributed by atoms with Crippen LogP contribution in [0, 0.1) is 6.92 Å². The van der Waals surface area contributed by atoms with E-state index >= 15 is 0 Å². The maximum Gasteiger partial charge on any atom is 0.135 e. The Balaban J connectivity index is 2.51. The molecular weight excluding hydrogens is 200 g/mol. The van der Waals surface area contributed by atoms with E-state index in [1.165, 1.54) is 0 Å². The quantitative estimate of drug-likeness (QED) is 0.472. The molecule has 0 aliphatic carbocycles. The molecule has 0 bridgehead atoms. The average molecular weight is 212 g/mol. The van der Waals surface area contributed by atoms with Crippen molar-refractivity contribution in [1.29, 1.82) is 0 Å². The molecule has 1 aromatic carbocycles. The Kier molecular flexibility index (Phi) is 2.96. The van der Waals surface area contributed by atoms with Crippen molar-refractivity contribution >= 4 is 5.71 Å². The smallest absolute Gasteiger partial charge is 0.135 e. The molecule has 2 aromatic rings. The highest BCUT2D eigenvalue weighted by atomic mass is 16.4. The van der Waals surface area contributed by atoms with Crippen molar-refractivity contribution in [3.63, 3.8) is 0 Å². The number of pyridine rings is 1. The third kappa shape index (κ3) is 1.93. The summed E-state index contributed by atoms with van der Waals surface area (Å²) in [4.78, 5) is 4.24. The van der Waals surface area contributed by atoms with Crippen molar-refractivity contribution in [2.24, 2.45) is 5.16 Å². The second kappa shape index (κ2) is 4.57. The summed E-state index contributed by atoms with van der Waals surface area (Å²) in [5, 5.41) is 12.4. The van der Waals surface area contributed by atoms with Crippen LogP contribution in [0.4, 0.5) is 0 Å². The van der Waals surface area contributed by atoms with Gasteiger partial charge in [-0.1, -0.05) is 41.6 Å². The number of hydrogen-bond donors (Lipinski definition) is 1. The molecule has 0 unspecified atom stereocenters. The van der Waals surface area contributed by atoms with Crippen LogP contribution in [0.2, 0.25) is 0 Å². The first-order chi connectivity index (χ1) is 7.83. The number of rotatable bonds is 2. The van der Waals surface area contributed by atoms with E-state index in [0.717, 1.165) is 11.1 Å². The van der Waals surface area contributed by atoms with Gasteiger partial charge in [0.25, 0.3) is 0 Å². The van der Waals surface area contributed by atoms with Crippen LogP contribution < -0.4 is 0 Å².